The van der Waals surface area contributed by atoms with Crippen molar-refractivity contribution in [1.82, 2.24) is 9.88 Å². The van der Waals surface area contributed by atoms with Crippen molar-refractivity contribution in [1.29, 1.82) is 0 Å². The Morgan fingerprint density at radius 3 is 2.68 bits per heavy atom. The largest absolute Gasteiger partial charge is 0.355 e. The molecule has 4 rings (SSSR count). The van der Waals surface area contributed by atoms with Gasteiger partial charge >= 0.3 is 0 Å². The van der Waals surface area contributed by atoms with Crippen LogP contribution in [0, 0.1) is 11.6 Å². The van der Waals surface area contributed by atoms with Crippen LogP contribution in [0.3, 0.4) is 0 Å². The molecule has 2 aromatic carbocycles. The first-order chi connectivity index (χ1) is 13.5. The first-order valence-corrected chi connectivity index (χ1v) is 9.86. The monoisotopic (exact) mass is 445 g/mol. The maximum Gasteiger partial charge on any atom is 0.254 e. The van der Waals surface area contributed by atoms with E-state index in [2.05, 4.69) is 25.8 Å². The lowest BCUT2D eigenvalue weighted by Crippen LogP contribution is -2.35. The van der Waals surface area contributed by atoms with Crippen molar-refractivity contribution in [3.63, 3.8) is 0 Å². The van der Waals surface area contributed by atoms with E-state index in [0.29, 0.717) is 35.2 Å². The molecule has 7 heteroatoms. The molecular formula is C21H18BrF2N3O. The zero-order valence-corrected chi connectivity index (χ0v) is 16.6. The number of hydrogen-bond donors (Lipinski definition) is 0. The number of anilines is 1. The molecule has 2 heterocycles. The number of hydrogen-bond acceptors (Lipinski definition) is 3. The summed E-state index contributed by atoms with van der Waals surface area (Å²) in [6.45, 7) is 2.47. The lowest BCUT2D eigenvalue weighted by atomic mass is 10.2. The molecule has 0 saturated carbocycles. The maximum absolute atomic E-state index is 13.8. The zero-order chi connectivity index (χ0) is 19.7. The first kappa shape index (κ1) is 18.8. The number of rotatable bonds is 2. The third-order valence-corrected chi connectivity index (χ3v) is 5.50. The lowest BCUT2D eigenvalue weighted by Gasteiger charge is -2.23. The van der Waals surface area contributed by atoms with Gasteiger partial charge in [-0.15, -0.1) is 0 Å². The van der Waals surface area contributed by atoms with Gasteiger partial charge in [-0.1, -0.05) is 6.07 Å². The Hall–Kier alpha value is -2.54. The Kier molecular flexibility index (Phi) is 5.26. The summed E-state index contributed by atoms with van der Waals surface area (Å²) in [4.78, 5) is 21.1. The van der Waals surface area contributed by atoms with Crippen LogP contribution in [0.15, 0.2) is 53.0 Å². The van der Waals surface area contributed by atoms with E-state index in [-0.39, 0.29) is 11.7 Å². The van der Waals surface area contributed by atoms with Crippen molar-refractivity contribution in [3.05, 3.63) is 70.2 Å². The van der Waals surface area contributed by atoms with E-state index in [1.165, 1.54) is 18.2 Å². The third kappa shape index (κ3) is 3.85. The molecule has 28 heavy (non-hydrogen) atoms. The maximum atomic E-state index is 13.8. The van der Waals surface area contributed by atoms with Gasteiger partial charge in [0.2, 0.25) is 0 Å². The van der Waals surface area contributed by atoms with E-state index in [1.54, 1.807) is 23.1 Å². The molecule has 1 aliphatic heterocycles. The van der Waals surface area contributed by atoms with Gasteiger partial charge in [-0.05, 0) is 58.7 Å². The molecule has 0 atom stereocenters. The van der Waals surface area contributed by atoms with Crippen LogP contribution in [-0.4, -0.2) is 42.0 Å². The number of amides is 1. The fraction of sp³-hybridized carbons (Fsp3) is 0.238. The van der Waals surface area contributed by atoms with Crippen molar-refractivity contribution in [2.45, 2.75) is 6.42 Å². The van der Waals surface area contributed by atoms with Crippen LogP contribution in [0.2, 0.25) is 0 Å². The Morgan fingerprint density at radius 1 is 1.00 bits per heavy atom. The van der Waals surface area contributed by atoms with Gasteiger partial charge in [-0.25, -0.2) is 13.8 Å². The van der Waals surface area contributed by atoms with Gasteiger partial charge in [0, 0.05) is 43.2 Å². The average molecular weight is 446 g/mol. The Bertz CT molecular complexity index is 1040. The minimum Gasteiger partial charge on any atom is -0.355 e. The van der Waals surface area contributed by atoms with E-state index < -0.39 is 5.82 Å². The highest BCUT2D eigenvalue weighted by Crippen LogP contribution is 2.25. The average Bonchev–Trinajstić information content (AvgIpc) is 2.94. The smallest absolute Gasteiger partial charge is 0.254 e. The second-order valence-electron chi connectivity index (χ2n) is 6.77. The molecular weight excluding hydrogens is 428 g/mol. The summed E-state index contributed by atoms with van der Waals surface area (Å²) in [5.74, 6) is -0.171. The van der Waals surface area contributed by atoms with Crippen LogP contribution in [0.1, 0.15) is 16.8 Å². The van der Waals surface area contributed by atoms with Crippen molar-refractivity contribution in [2.24, 2.45) is 0 Å². The van der Waals surface area contributed by atoms with Crippen LogP contribution in [0.5, 0.6) is 0 Å². The molecule has 1 aromatic heterocycles. The summed E-state index contributed by atoms with van der Waals surface area (Å²) in [6.07, 6.45) is 0.773. The van der Waals surface area contributed by atoms with Crippen LogP contribution in [-0.2, 0) is 0 Å². The minimum absolute atomic E-state index is 0.167. The molecule has 1 amide bonds. The van der Waals surface area contributed by atoms with E-state index in [0.717, 1.165) is 24.2 Å². The lowest BCUT2D eigenvalue weighted by molar-refractivity contribution is 0.0766. The summed E-state index contributed by atoms with van der Waals surface area (Å²) < 4.78 is 27.7. The number of fused-ring (bicyclic) bond motifs is 1. The SMILES string of the molecule is O=C(c1cccc(F)c1)N1CCCN(c2ccc3cc(Br)c(F)cc3n2)CC1. The molecule has 0 spiro atoms. The quantitative estimate of drug-likeness (QED) is 0.576. The number of halogens is 3. The third-order valence-electron chi connectivity index (χ3n) is 4.90. The van der Waals surface area contributed by atoms with Crippen molar-refractivity contribution in [3.8, 4) is 0 Å². The molecule has 0 radical (unpaired) electrons. The van der Waals surface area contributed by atoms with Crippen LogP contribution < -0.4 is 4.90 Å². The summed E-state index contributed by atoms with van der Waals surface area (Å²) in [7, 11) is 0. The number of benzene rings is 2. The van der Waals surface area contributed by atoms with Gasteiger partial charge in [-0.2, -0.15) is 0 Å². The number of aromatic nitrogens is 1. The van der Waals surface area contributed by atoms with E-state index in [9.17, 15) is 13.6 Å². The second-order valence-corrected chi connectivity index (χ2v) is 7.63. The first-order valence-electron chi connectivity index (χ1n) is 9.07. The van der Waals surface area contributed by atoms with Crippen molar-refractivity contribution in [2.75, 3.05) is 31.1 Å². The number of nitrogens with zero attached hydrogens (tertiary/aromatic N) is 3. The summed E-state index contributed by atoms with van der Waals surface area (Å²) >= 11 is 3.19. The predicted molar refractivity (Wildman–Crippen MR) is 109 cm³/mol. The van der Waals surface area contributed by atoms with E-state index in [4.69, 9.17) is 0 Å². The molecule has 144 valence electrons. The number of carbonyl (C=O) groups excluding carboxylic acids is 1. The molecule has 3 aromatic rings. The Labute approximate surface area is 169 Å². The fourth-order valence-electron chi connectivity index (χ4n) is 3.44. The molecule has 0 aliphatic carbocycles. The van der Waals surface area contributed by atoms with Crippen molar-refractivity contribution < 1.29 is 13.6 Å². The van der Waals surface area contributed by atoms with Gasteiger partial charge in [-0.3, -0.25) is 4.79 Å². The topological polar surface area (TPSA) is 36.4 Å². The Morgan fingerprint density at radius 2 is 1.86 bits per heavy atom. The molecule has 0 bridgehead atoms. The summed E-state index contributed by atoms with van der Waals surface area (Å²) in [5, 5.41) is 0.856. The van der Waals surface area contributed by atoms with E-state index >= 15 is 0 Å². The van der Waals surface area contributed by atoms with Gasteiger partial charge in [0.1, 0.15) is 17.5 Å². The summed E-state index contributed by atoms with van der Waals surface area (Å²) in [6, 6.07) is 12.7. The van der Waals surface area contributed by atoms with Crippen molar-refractivity contribution >= 4 is 38.6 Å². The second kappa shape index (κ2) is 7.83. The van der Waals surface area contributed by atoms with Crippen LogP contribution in [0.4, 0.5) is 14.6 Å². The van der Waals surface area contributed by atoms with Gasteiger partial charge < -0.3 is 9.80 Å². The Balaban J connectivity index is 1.51. The molecule has 1 fully saturated rings. The number of carbonyl (C=O) groups is 1. The van der Waals surface area contributed by atoms with Crippen LogP contribution >= 0.6 is 15.9 Å². The normalized spacial score (nSPS) is 15.0. The number of pyridine rings is 1. The van der Waals surface area contributed by atoms with Gasteiger partial charge in [0.05, 0.1) is 9.99 Å². The summed E-state index contributed by atoms with van der Waals surface area (Å²) in [5.41, 5.74) is 0.952. The van der Waals surface area contributed by atoms with Gasteiger partial charge in [0.15, 0.2) is 0 Å². The predicted octanol–water partition coefficient (Wildman–Crippen LogP) is 4.63. The molecule has 0 N–H and O–H groups in total. The molecule has 4 nitrogen and oxygen atoms in total. The minimum atomic E-state index is -0.415. The highest BCUT2D eigenvalue weighted by molar-refractivity contribution is 9.10. The molecule has 0 unspecified atom stereocenters. The zero-order valence-electron chi connectivity index (χ0n) is 15.0. The molecule has 1 aliphatic rings. The highest BCUT2D eigenvalue weighted by Gasteiger charge is 2.21. The van der Waals surface area contributed by atoms with E-state index in [1.807, 2.05) is 12.1 Å². The standard InChI is InChI=1S/C21H18BrF2N3O/c22-17-12-14-5-6-20(25-19(14)13-18(17)24)26-7-2-8-27(10-9-26)21(28)15-3-1-4-16(23)11-15/h1,3-6,11-13H,2,7-10H2. The molecule has 1 saturated heterocycles. The van der Waals surface area contributed by atoms with Crippen LogP contribution in [0.25, 0.3) is 10.9 Å². The van der Waals surface area contributed by atoms with Gasteiger partial charge in [0.25, 0.3) is 5.91 Å². The highest BCUT2D eigenvalue weighted by atomic mass is 79.9. The fourth-order valence-corrected chi connectivity index (χ4v) is 3.80.